The summed E-state index contributed by atoms with van der Waals surface area (Å²) < 4.78 is 5.32. The largest absolute Gasteiger partial charge is 0.497 e. The summed E-state index contributed by atoms with van der Waals surface area (Å²) in [5, 5.41) is 6.43. The van der Waals surface area contributed by atoms with Gasteiger partial charge in [-0.25, -0.2) is 0 Å². The molecule has 1 aliphatic carbocycles. The minimum absolute atomic E-state index is 0.163. The van der Waals surface area contributed by atoms with E-state index >= 15 is 0 Å². The molecule has 0 aromatic heterocycles. The number of hydrogen-bond donors (Lipinski definition) is 2. The lowest BCUT2D eigenvalue weighted by Gasteiger charge is -2.28. The van der Waals surface area contributed by atoms with Crippen LogP contribution in [0.4, 0.5) is 0 Å². The second-order valence-electron chi connectivity index (χ2n) is 6.03. The Morgan fingerprint density at radius 3 is 2.68 bits per heavy atom. The summed E-state index contributed by atoms with van der Waals surface area (Å²) in [6.07, 6.45) is 5.18. The maximum atomic E-state index is 12.8. The third-order valence-corrected chi connectivity index (χ3v) is 4.53. The monoisotopic (exact) mass is 304 g/mol. The summed E-state index contributed by atoms with van der Waals surface area (Å²) in [6, 6.07) is 7.98. The van der Waals surface area contributed by atoms with Gasteiger partial charge in [0.1, 0.15) is 5.75 Å². The highest BCUT2D eigenvalue weighted by Gasteiger charge is 2.42. The van der Waals surface area contributed by atoms with Crippen molar-refractivity contribution in [2.45, 2.75) is 44.4 Å². The number of ether oxygens (including phenoxy) is 1. The third kappa shape index (κ3) is 3.80. The number of benzene rings is 1. The number of amides is 1. The van der Waals surface area contributed by atoms with Gasteiger partial charge in [-0.15, -0.1) is 0 Å². The summed E-state index contributed by atoms with van der Waals surface area (Å²) in [5.41, 5.74) is 0.711. The van der Waals surface area contributed by atoms with Gasteiger partial charge in [0.2, 0.25) is 5.91 Å². The SMILES string of the molecule is CCCNCCNC(=O)C1(c2cccc(OC)c2)CCCC1. The molecule has 4 nitrogen and oxygen atoms in total. The van der Waals surface area contributed by atoms with E-state index in [9.17, 15) is 4.79 Å². The summed E-state index contributed by atoms with van der Waals surface area (Å²) in [7, 11) is 1.67. The zero-order valence-corrected chi connectivity index (χ0v) is 13.8. The van der Waals surface area contributed by atoms with Gasteiger partial charge in [0, 0.05) is 13.1 Å². The van der Waals surface area contributed by atoms with Crippen LogP contribution in [0.25, 0.3) is 0 Å². The molecular weight excluding hydrogens is 276 g/mol. The highest BCUT2D eigenvalue weighted by atomic mass is 16.5. The van der Waals surface area contributed by atoms with Gasteiger partial charge in [-0.1, -0.05) is 31.9 Å². The molecule has 2 rings (SSSR count). The van der Waals surface area contributed by atoms with Gasteiger partial charge in [0.25, 0.3) is 0 Å². The molecule has 0 unspecified atom stereocenters. The van der Waals surface area contributed by atoms with Crippen molar-refractivity contribution in [1.29, 1.82) is 0 Å². The fraction of sp³-hybridized carbons (Fsp3) is 0.611. The van der Waals surface area contributed by atoms with Gasteiger partial charge < -0.3 is 15.4 Å². The zero-order chi connectivity index (χ0) is 15.8. The molecule has 0 spiro atoms. The molecule has 0 aliphatic heterocycles. The van der Waals surface area contributed by atoms with Crippen molar-refractivity contribution in [3.8, 4) is 5.75 Å². The van der Waals surface area contributed by atoms with Crippen LogP contribution in [0.15, 0.2) is 24.3 Å². The molecule has 2 N–H and O–H groups in total. The van der Waals surface area contributed by atoms with Gasteiger partial charge in [-0.05, 0) is 43.5 Å². The highest BCUT2D eigenvalue weighted by molar-refractivity contribution is 5.88. The summed E-state index contributed by atoms with van der Waals surface area (Å²) in [4.78, 5) is 12.8. The highest BCUT2D eigenvalue weighted by Crippen LogP contribution is 2.42. The molecule has 22 heavy (non-hydrogen) atoms. The second kappa shape index (κ2) is 8.18. The van der Waals surface area contributed by atoms with Crippen molar-refractivity contribution in [3.05, 3.63) is 29.8 Å². The van der Waals surface area contributed by atoms with Gasteiger partial charge in [0.15, 0.2) is 0 Å². The van der Waals surface area contributed by atoms with Gasteiger partial charge in [-0.3, -0.25) is 4.79 Å². The fourth-order valence-electron chi connectivity index (χ4n) is 3.28. The average Bonchev–Trinajstić information content (AvgIpc) is 3.05. The minimum Gasteiger partial charge on any atom is -0.497 e. The van der Waals surface area contributed by atoms with E-state index in [-0.39, 0.29) is 11.3 Å². The van der Waals surface area contributed by atoms with Crippen LogP contribution in [0.1, 0.15) is 44.6 Å². The molecule has 1 amide bonds. The Labute approximate surface area is 133 Å². The number of nitrogens with one attached hydrogen (secondary N) is 2. The molecule has 0 radical (unpaired) electrons. The lowest BCUT2D eigenvalue weighted by molar-refractivity contribution is -0.126. The number of hydrogen-bond acceptors (Lipinski definition) is 3. The van der Waals surface area contributed by atoms with Crippen LogP contribution in [-0.4, -0.2) is 32.7 Å². The van der Waals surface area contributed by atoms with Crippen molar-refractivity contribution < 1.29 is 9.53 Å². The first kappa shape index (κ1) is 16.8. The maximum Gasteiger partial charge on any atom is 0.230 e. The van der Waals surface area contributed by atoms with E-state index in [2.05, 4.69) is 23.6 Å². The van der Waals surface area contributed by atoms with E-state index in [1.54, 1.807) is 7.11 Å². The smallest absolute Gasteiger partial charge is 0.230 e. The predicted octanol–water partition coefficient (Wildman–Crippen LogP) is 2.62. The minimum atomic E-state index is -0.376. The topological polar surface area (TPSA) is 50.4 Å². The van der Waals surface area contributed by atoms with Crippen LogP contribution in [-0.2, 0) is 10.2 Å². The summed E-state index contributed by atoms with van der Waals surface area (Å²) in [5.74, 6) is 0.984. The quantitative estimate of drug-likeness (QED) is 0.726. The third-order valence-electron chi connectivity index (χ3n) is 4.53. The van der Waals surface area contributed by atoms with E-state index < -0.39 is 0 Å². The molecule has 1 aliphatic rings. The van der Waals surface area contributed by atoms with Gasteiger partial charge in [-0.2, -0.15) is 0 Å². The standard InChI is InChI=1S/C18H28N2O2/c1-3-11-19-12-13-20-17(21)18(9-4-5-10-18)15-7-6-8-16(14-15)22-2/h6-8,14,19H,3-5,9-13H2,1-2H3,(H,20,21). The molecule has 0 heterocycles. The molecule has 0 saturated heterocycles. The first-order valence-corrected chi connectivity index (χ1v) is 8.36. The van der Waals surface area contributed by atoms with E-state index in [1.807, 2.05) is 18.2 Å². The molecule has 1 fully saturated rings. The molecule has 0 atom stereocenters. The lowest BCUT2D eigenvalue weighted by Crippen LogP contribution is -2.44. The molecule has 4 heteroatoms. The van der Waals surface area contributed by atoms with Crippen LogP contribution in [0.5, 0.6) is 5.75 Å². The summed E-state index contributed by atoms with van der Waals surface area (Å²) in [6.45, 7) is 4.65. The van der Waals surface area contributed by atoms with Crippen LogP contribution < -0.4 is 15.4 Å². The molecule has 1 aromatic carbocycles. The molecule has 1 aromatic rings. The van der Waals surface area contributed by atoms with Crippen molar-refractivity contribution in [2.75, 3.05) is 26.7 Å². The second-order valence-corrected chi connectivity index (χ2v) is 6.03. The first-order valence-electron chi connectivity index (χ1n) is 8.36. The predicted molar refractivity (Wildman–Crippen MR) is 89.3 cm³/mol. The van der Waals surface area contributed by atoms with Crippen molar-refractivity contribution in [3.63, 3.8) is 0 Å². The normalized spacial score (nSPS) is 16.5. The van der Waals surface area contributed by atoms with E-state index in [0.29, 0.717) is 6.54 Å². The number of rotatable bonds is 8. The Hall–Kier alpha value is -1.55. The van der Waals surface area contributed by atoms with Gasteiger partial charge in [0.05, 0.1) is 12.5 Å². The van der Waals surface area contributed by atoms with Crippen molar-refractivity contribution in [1.82, 2.24) is 10.6 Å². The van der Waals surface area contributed by atoms with Crippen LogP contribution >= 0.6 is 0 Å². The van der Waals surface area contributed by atoms with E-state index in [4.69, 9.17) is 4.74 Å². The van der Waals surface area contributed by atoms with Gasteiger partial charge >= 0.3 is 0 Å². The number of carbonyl (C=O) groups excluding carboxylic acids is 1. The molecular formula is C18H28N2O2. The average molecular weight is 304 g/mol. The molecule has 1 saturated carbocycles. The van der Waals surface area contributed by atoms with E-state index in [1.165, 1.54) is 0 Å². The molecule has 122 valence electrons. The first-order chi connectivity index (χ1) is 10.7. The maximum absolute atomic E-state index is 12.8. The Morgan fingerprint density at radius 2 is 2.00 bits per heavy atom. The molecule has 0 bridgehead atoms. The van der Waals surface area contributed by atoms with Crippen LogP contribution in [0.3, 0.4) is 0 Å². The Bertz CT molecular complexity index is 482. The zero-order valence-electron chi connectivity index (χ0n) is 13.8. The van der Waals surface area contributed by atoms with Crippen molar-refractivity contribution in [2.24, 2.45) is 0 Å². The lowest BCUT2D eigenvalue weighted by atomic mass is 9.78. The van der Waals surface area contributed by atoms with Crippen LogP contribution in [0.2, 0.25) is 0 Å². The Balaban J connectivity index is 2.05. The van der Waals surface area contributed by atoms with Crippen LogP contribution in [0, 0.1) is 0 Å². The fourth-order valence-corrected chi connectivity index (χ4v) is 3.28. The van der Waals surface area contributed by atoms with E-state index in [0.717, 1.165) is 56.5 Å². The number of methoxy groups -OCH3 is 1. The van der Waals surface area contributed by atoms with Crippen molar-refractivity contribution >= 4 is 5.91 Å². The Morgan fingerprint density at radius 1 is 1.23 bits per heavy atom. The Kier molecular flexibility index (Phi) is 6.25. The summed E-state index contributed by atoms with van der Waals surface area (Å²) >= 11 is 0. The number of carbonyl (C=O) groups is 1.